The molecule has 0 spiro atoms. The molecule has 6 nitrogen and oxygen atoms in total. The second kappa shape index (κ2) is 8.80. The minimum Gasteiger partial charge on any atom is -0.496 e. The van der Waals surface area contributed by atoms with Gasteiger partial charge in [0.1, 0.15) is 17.1 Å². The number of carbonyl (C=O) groups excluding carboxylic acids is 1. The zero-order chi connectivity index (χ0) is 19.1. The fraction of sp³-hybridized carbons (Fsp3) is 0.250. The molecular weight excluding hydrogens is 336 g/mol. The van der Waals surface area contributed by atoms with Crippen LogP contribution in [0.3, 0.4) is 0 Å². The van der Waals surface area contributed by atoms with E-state index in [0.717, 1.165) is 0 Å². The Balaban J connectivity index is 2.44. The highest BCUT2D eigenvalue weighted by Crippen LogP contribution is 2.40. The van der Waals surface area contributed by atoms with Crippen LogP contribution in [-0.2, 0) is 0 Å². The Kier molecular flexibility index (Phi) is 6.49. The molecule has 0 N–H and O–H groups in total. The lowest BCUT2D eigenvalue weighted by Gasteiger charge is -2.14. The van der Waals surface area contributed by atoms with Crippen LogP contribution in [-0.4, -0.2) is 41.3 Å². The lowest BCUT2D eigenvalue weighted by Crippen LogP contribution is -2.02. The molecule has 0 amide bonds. The van der Waals surface area contributed by atoms with Crippen LogP contribution in [0.4, 0.5) is 0 Å². The van der Waals surface area contributed by atoms with E-state index in [-0.39, 0.29) is 5.78 Å². The minimum atomic E-state index is -0.254. The molecule has 0 aliphatic rings. The molecule has 0 atom stereocenters. The van der Waals surface area contributed by atoms with Gasteiger partial charge in [-0.05, 0) is 36.4 Å². The zero-order valence-corrected chi connectivity index (χ0v) is 15.5. The first kappa shape index (κ1) is 19.2. The van der Waals surface area contributed by atoms with Gasteiger partial charge < -0.3 is 23.7 Å². The molecule has 0 saturated carbocycles. The summed E-state index contributed by atoms with van der Waals surface area (Å²) in [6, 6.07) is 8.70. The number of rotatable bonds is 8. The van der Waals surface area contributed by atoms with E-state index in [1.54, 1.807) is 43.5 Å². The lowest BCUT2D eigenvalue weighted by atomic mass is 10.1. The molecule has 0 radical (unpaired) electrons. The highest BCUT2D eigenvalue weighted by molar-refractivity contribution is 6.10. The van der Waals surface area contributed by atoms with E-state index in [9.17, 15) is 4.79 Å². The molecule has 2 rings (SSSR count). The van der Waals surface area contributed by atoms with Gasteiger partial charge in [-0.3, -0.25) is 4.79 Å². The van der Waals surface area contributed by atoms with Gasteiger partial charge >= 0.3 is 0 Å². The highest BCUT2D eigenvalue weighted by Gasteiger charge is 2.17. The van der Waals surface area contributed by atoms with Crippen LogP contribution >= 0.6 is 0 Å². The normalized spacial score (nSPS) is 10.5. The fourth-order valence-corrected chi connectivity index (χ4v) is 2.60. The van der Waals surface area contributed by atoms with Gasteiger partial charge in [0.15, 0.2) is 17.3 Å². The molecular formula is C20H22O6. The van der Waals surface area contributed by atoms with Gasteiger partial charge in [-0.15, -0.1) is 0 Å². The summed E-state index contributed by atoms with van der Waals surface area (Å²) in [5.74, 6) is 2.11. The predicted octanol–water partition coefficient (Wildman–Crippen LogP) is 3.63. The first-order valence-electron chi connectivity index (χ1n) is 7.83. The number of ether oxygens (including phenoxy) is 5. The molecule has 26 heavy (non-hydrogen) atoms. The number of hydrogen-bond donors (Lipinski definition) is 0. The van der Waals surface area contributed by atoms with Crippen molar-refractivity contribution in [3.63, 3.8) is 0 Å². The lowest BCUT2D eigenvalue weighted by molar-refractivity contribution is 0.104. The van der Waals surface area contributed by atoms with Gasteiger partial charge in [-0.25, -0.2) is 0 Å². The maximum absolute atomic E-state index is 12.7. The minimum absolute atomic E-state index is 0.254. The van der Waals surface area contributed by atoms with Crippen molar-refractivity contribution in [3.05, 3.63) is 47.5 Å². The van der Waals surface area contributed by atoms with E-state index in [0.29, 0.717) is 39.9 Å². The topological polar surface area (TPSA) is 63.2 Å². The van der Waals surface area contributed by atoms with E-state index >= 15 is 0 Å². The molecule has 0 saturated heterocycles. The summed E-state index contributed by atoms with van der Waals surface area (Å²) in [6.45, 7) is 0. The third kappa shape index (κ3) is 3.74. The second-order valence-corrected chi connectivity index (χ2v) is 5.16. The molecule has 0 aliphatic heterocycles. The summed E-state index contributed by atoms with van der Waals surface area (Å²) in [6.07, 6.45) is 3.08. The Labute approximate surface area is 152 Å². The number of benzene rings is 2. The molecule has 0 aliphatic carbocycles. The SMILES string of the molecule is COc1ccc(/C=C/C(=O)c2c(OC)cccc2OC)c(OC)c1OC. The molecule has 138 valence electrons. The van der Waals surface area contributed by atoms with Gasteiger partial charge in [0.05, 0.1) is 35.5 Å². The van der Waals surface area contributed by atoms with Crippen LogP contribution in [0.5, 0.6) is 28.7 Å². The van der Waals surface area contributed by atoms with Crippen LogP contribution in [0, 0.1) is 0 Å². The zero-order valence-electron chi connectivity index (χ0n) is 15.5. The molecule has 0 unspecified atom stereocenters. The Morgan fingerprint density at radius 2 is 1.31 bits per heavy atom. The van der Waals surface area contributed by atoms with E-state index in [1.165, 1.54) is 34.5 Å². The number of ketones is 1. The van der Waals surface area contributed by atoms with Gasteiger partial charge in [0, 0.05) is 5.56 Å². The Morgan fingerprint density at radius 3 is 1.81 bits per heavy atom. The van der Waals surface area contributed by atoms with Crippen molar-refractivity contribution < 1.29 is 28.5 Å². The van der Waals surface area contributed by atoms with Crippen molar-refractivity contribution in [1.82, 2.24) is 0 Å². The molecule has 0 aromatic heterocycles. The average Bonchev–Trinajstić information content (AvgIpc) is 2.70. The van der Waals surface area contributed by atoms with Crippen LogP contribution in [0.1, 0.15) is 15.9 Å². The number of hydrogen-bond acceptors (Lipinski definition) is 6. The summed E-state index contributed by atoms with van der Waals surface area (Å²) >= 11 is 0. The van der Waals surface area contributed by atoms with E-state index in [1.807, 2.05) is 0 Å². The molecule has 0 bridgehead atoms. The van der Waals surface area contributed by atoms with Gasteiger partial charge in [0.25, 0.3) is 0 Å². The van der Waals surface area contributed by atoms with Crippen molar-refractivity contribution in [1.29, 1.82) is 0 Å². The van der Waals surface area contributed by atoms with Crippen LogP contribution in [0.25, 0.3) is 6.08 Å². The summed E-state index contributed by atoms with van der Waals surface area (Å²) in [7, 11) is 7.61. The molecule has 2 aromatic rings. The van der Waals surface area contributed by atoms with Crippen LogP contribution in [0.15, 0.2) is 36.4 Å². The first-order valence-corrected chi connectivity index (χ1v) is 7.83. The summed E-state index contributed by atoms with van der Waals surface area (Å²) in [5, 5.41) is 0. The molecule has 0 heterocycles. The maximum atomic E-state index is 12.7. The number of allylic oxidation sites excluding steroid dienone is 1. The third-order valence-corrected chi connectivity index (χ3v) is 3.82. The third-order valence-electron chi connectivity index (χ3n) is 3.82. The van der Waals surface area contributed by atoms with Gasteiger partial charge in [-0.2, -0.15) is 0 Å². The standard InChI is InChI=1S/C20H22O6/c1-22-15-7-6-8-16(23-2)18(15)14(21)11-9-13-10-12-17(24-3)20(26-5)19(13)25-4/h6-12H,1-5H3/b11-9+. The predicted molar refractivity (Wildman–Crippen MR) is 99.0 cm³/mol. The number of carbonyl (C=O) groups is 1. The van der Waals surface area contributed by atoms with Crippen molar-refractivity contribution in [2.75, 3.05) is 35.5 Å². The summed E-state index contributed by atoms with van der Waals surface area (Å²) in [5.41, 5.74) is 1.03. The van der Waals surface area contributed by atoms with Crippen molar-refractivity contribution in [3.8, 4) is 28.7 Å². The van der Waals surface area contributed by atoms with Crippen molar-refractivity contribution in [2.24, 2.45) is 0 Å². The smallest absolute Gasteiger partial charge is 0.203 e. The fourth-order valence-electron chi connectivity index (χ4n) is 2.60. The highest BCUT2D eigenvalue weighted by atomic mass is 16.5. The molecule has 2 aromatic carbocycles. The Bertz CT molecular complexity index is 788. The largest absolute Gasteiger partial charge is 0.496 e. The van der Waals surface area contributed by atoms with E-state index in [2.05, 4.69) is 0 Å². The maximum Gasteiger partial charge on any atom is 0.203 e. The van der Waals surface area contributed by atoms with Gasteiger partial charge in [-0.1, -0.05) is 6.07 Å². The number of methoxy groups -OCH3 is 5. The summed E-state index contributed by atoms with van der Waals surface area (Å²) in [4.78, 5) is 12.7. The Morgan fingerprint density at radius 1 is 0.731 bits per heavy atom. The average molecular weight is 358 g/mol. The monoisotopic (exact) mass is 358 g/mol. The second-order valence-electron chi connectivity index (χ2n) is 5.16. The van der Waals surface area contributed by atoms with Crippen molar-refractivity contribution >= 4 is 11.9 Å². The van der Waals surface area contributed by atoms with Gasteiger partial charge in [0.2, 0.25) is 5.75 Å². The Hall–Kier alpha value is -3.15. The first-order chi connectivity index (χ1) is 12.6. The quantitative estimate of drug-likeness (QED) is 0.530. The molecule has 0 fully saturated rings. The molecule has 6 heteroatoms. The van der Waals surface area contributed by atoms with Crippen molar-refractivity contribution in [2.45, 2.75) is 0 Å². The van der Waals surface area contributed by atoms with E-state index < -0.39 is 0 Å². The van der Waals surface area contributed by atoms with Crippen LogP contribution < -0.4 is 23.7 Å². The van der Waals surface area contributed by atoms with E-state index in [4.69, 9.17) is 23.7 Å². The summed E-state index contributed by atoms with van der Waals surface area (Å²) < 4.78 is 26.6. The van der Waals surface area contributed by atoms with Crippen LogP contribution in [0.2, 0.25) is 0 Å².